The van der Waals surface area contributed by atoms with Crippen LogP contribution in [0, 0.1) is 66.6 Å². The smallest absolute Gasteiger partial charge is 0.301 e. The van der Waals surface area contributed by atoms with Crippen molar-refractivity contribution in [2.75, 3.05) is 25.8 Å². The molecule has 5 rings (SSSR count). The number of benzene rings is 1. The molecule has 0 N–H and O–H groups in total. The molecular weight excluding hydrogens is 584 g/mol. The van der Waals surface area contributed by atoms with E-state index in [2.05, 4.69) is 34.6 Å². The molecule has 0 bridgehead atoms. The van der Waals surface area contributed by atoms with Gasteiger partial charge in [-0.3, -0.25) is 25.2 Å². The van der Waals surface area contributed by atoms with Crippen LogP contribution in [0.4, 0.5) is 17.1 Å². The number of nitrogens with zero attached hydrogens (tertiary/aromatic N) is 4. The molecule has 0 saturated heterocycles. The highest BCUT2D eigenvalue weighted by molar-refractivity contribution is 5.71. The van der Waals surface area contributed by atoms with Crippen molar-refractivity contribution in [2.45, 2.75) is 117 Å². The first-order valence-electron chi connectivity index (χ1n) is 17.7. The lowest BCUT2D eigenvalue weighted by molar-refractivity contribution is -0.393. The monoisotopic (exact) mass is 640 g/mol. The Morgan fingerprint density at radius 1 is 1.07 bits per heavy atom. The van der Waals surface area contributed by atoms with Crippen LogP contribution in [0.1, 0.15) is 105 Å². The molecule has 0 spiro atoms. The summed E-state index contributed by atoms with van der Waals surface area (Å²) in [5.41, 5.74) is -0.626. The van der Waals surface area contributed by atoms with E-state index in [-0.39, 0.29) is 39.9 Å². The number of nitro benzene ring substituents is 2. The van der Waals surface area contributed by atoms with Crippen LogP contribution in [-0.2, 0) is 9.47 Å². The molecule has 3 unspecified atom stereocenters. The zero-order chi connectivity index (χ0) is 33.4. The zero-order valence-corrected chi connectivity index (χ0v) is 29.1. The van der Waals surface area contributed by atoms with Gasteiger partial charge < -0.3 is 9.47 Å². The summed E-state index contributed by atoms with van der Waals surface area (Å²) in [7, 11) is 3.49. The van der Waals surface area contributed by atoms with Gasteiger partial charge in [0.2, 0.25) is 0 Å². The van der Waals surface area contributed by atoms with Crippen molar-refractivity contribution in [3.63, 3.8) is 0 Å². The minimum absolute atomic E-state index is 0.0178. The number of unbranched alkanes of at least 4 members (excludes halogenated alkanes) is 1. The molecule has 10 nitrogen and oxygen atoms in total. The molecule has 1 aromatic carbocycles. The van der Waals surface area contributed by atoms with E-state index >= 15 is 0 Å². The number of non-ortho nitro benzene ring substituents is 1. The maximum Gasteiger partial charge on any atom is 0.301 e. The molecule has 9 atom stereocenters. The normalized spacial score (nSPS) is 36.9. The third-order valence-corrected chi connectivity index (χ3v) is 13.2. The topological polar surface area (TPSA) is 120 Å². The van der Waals surface area contributed by atoms with Gasteiger partial charge in [-0.25, -0.2) is 0 Å². The molecule has 4 fully saturated rings. The molecule has 1 aromatic rings. The molecule has 46 heavy (non-hydrogen) atoms. The predicted molar refractivity (Wildman–Crippen MR) is 181 cm³/mol. The van der Waals surface area contributed by atoms with Crippen LogP contribution in [0.3, 0.4) is 0 Å². The molecular formula is C36H56N4O6. The minimum Gasteiger partial charge on any atom is -0.381 e. The highest BCUT2D eigenvalue weighted by Crippen LogP contribution is 2.73. The summed E-state index contributed by atoms with van der Waals surface area (Å²) in [4.78, 5) is 22.1. The maximum absolute atomic E-state index is 12.0. The fraction of sp³-hybridized carbons (Fsp3) is 0.806. The second-order valence-corrected chi connectivity index (χ2v) is 15.6. The number of hydrogen-bond donors (Lipinski definition) is 0. The Labute approximate surface area is 275 Å². The quantitative estimate of drug-likeness (QED) is 0.0914. The highest BCUT2D eigenvalue weighted by atomic mass is 16.6. The van der Waals surface area contributed by atoms with Crippen molar-refractivity contribution in [1.29, 1.82) is 0 Å². The summed E-state index contributed by atoms with van der Waals surface area (Å²) in [5.74, 6) is 2.97. The summed E-state index contributed by atoms with van der Waals surface area (Å²) in [6, 6.07) is 3.74. The van der Waals surface area contributed by atoms with Crippen molar-refractivity contribution >= 4 is 23.3 Å². The van der Waals surface area contributed by atoms with Crippen molar-refractivity contribution in [1.82, 2.24) is 0 Å². The van der Waals surface area contributed by atoms with E-state index in [1.165, 1.54) is 68.5 Å². The summed E-state index contributed by atoms with van der Waals surface area (Å²) in [6.45, 7) is 12.3. The molecule has 0 amide bonds. The molecule has 0 aromatic heterocycles. The van der Waals surface area contributed by atoms with E-state index in [1.54, 1.807) is 14.2 Å². The minimum atomic E-state index is -0.611. The molecule has 4 aliphatic carbocycles. The average Bonchev–Trinajstić information content (AvgIpc) is 3.45. The Bertz CT molecular complexity index is 1310. The van der Waals surface area contributed by atoms with Gasteiger partial charge in [0.05, 0.1) is 27.6 Å². The van der Waals surface area contributed by atoms with Crippen molar-refractivity contribution in [2.24, 2.45) is 51.4 Å². The van der Waals surface area contributed by atoms with Crippen LogP contribution < -0.4 is 5.01 Å². The summed E-state index contributed by atoms with van der Waals surface area (Å²) < 4.78 is 13.0. The third kappa shape index (κ3) is 5.86. The van der Waals surface area contributed by atoms with E-state index < -0.39 is 15.4 Å². The lowest BCUT2D eigenvalue weighted by Crippen LogP contribution is -2.56. The standard InChI is InChI=1S/C36H56N4O6/c1-8-46-36-22-27(45-7)17-20-35(36,5)29-18-19-34(4)25(12-10-9-11-24(2)3)13-15-28(34)33(29)30(36)23-37-38(6)31-16-14-26(39(41)42)21-32(31)40(43)44/h14,16,21,23-25,27-30,33H,8-13,15,17-20,22H2,1-7H3/b37-23+/t25-,27-,28?,29?,30+,33?,34+,35+,36+/m0/s1. The fourth-order valence-corrected chi connectivity index (χ4v) is 10.9. The van der Waals surface area contributed by atoms with Gasteiger partial charge in [0.1, 0.15) is 5.69 Å². The number of nitro groups is 2. The van der Waals surface area contributed by atoms with Crippen LogP contribution in [-0.4, -0.2) is 48.5 Å². The molecule has 0 radical (unpaired) electrons. The molecule has 4 saturated carbocycles. The second-order valence-electron chi connectivity index (χ2n) is 15.6. The zero-order valence-electron chi connectivity index (χ0n) is 29.1. The lowest BCUT2D eigenvalue weighted by Gasteiger charge is -2.54. The Kier molecular flexibility index (Phi) is 10.2. The van der Waals surface area contributed by atoms with E-state index in [0.29, 0.717) is 24.4 Å². The Morgan fingerprint density at radius 2 is 1.83 bits per heavy atom. The van der Waals surface area contributed by atoms with E-state index in [1.807, 2.05) is 6.21 Å². The number of fused-ring (bicyclic) bond motifs is 5. The first kappa shape index (κ1) is 34.7. The Balaban J connectivity index is 1.53. The largest absolute Gasteiger partial charge is 0.381 e. The van der Waals surface area contributed by atoms with Crippen LogP contribution in [0.5, 0.6) is 0 Å². The van der Waals surface area contributed by atoms with Crippen molar-refractivity contribution in [3.8, 4) is 0 Å². The van der Waals surface area contributed by atoms with Gasteiger partial charge in [0.25, 0.3) is 5.69 Å². The van der Waals surface area contributed by atoms with E-state index in [4.69, 9.17) is 14.6 Å². The number of anilines is 1. The summed E-state index contributed by atoms with van der Waals surface area (Å²) >= 11 is 0. The Hall–Kier alpha value is -2.59. The SMILES string of the molecule is CCO[C@@]12C[C@@H](OC)CC[C@]1(C)C1CC[C@@]3(C)C(CC[C@@H]3CCCCC(C)C)C1[C@H]2/C=N/N(C)c1ccc([N+](=O)[O-])cc1[N+](=O)[O-]. The number of ether oxygens (including phenoxy) is 2. The van der Waals surface area contributed by atoms with Gasteiger partial charge in [-0.2, -0.15) is 5.10 Å². The van der Waals surface area contributed by atoms with E-state index in [0.717, 1.165) is 37.2 Å². The summed E-state index contributed by atoms with van der Waals surface area (Å²) in [6.07, 6.45) is 15.2. The number of methoxy groups -OCH3 is 1. The summed E-state index contributed by atoms with van der Waals surface area (Å²) in [5, 5.41) is 29.8. The second kappa shape index (κ2) is 13.5. The Morgan fingerprint density at radius 3 is 2.48 bits per heavy atom. The average molecular weight is 641 g/mol. The number of hydrogen-bond acceptors (Lipinski definition) is 8. The fourth-order valence-electron chi connectivity index (χ4n) is 10.9. The molecule has 0 heterocycles. The first-order chi connectivity index (χ1) is 21.8. The van der Waals surface area contributed by atoms with Gasteiger partial charge in [-0.1, -0.05) is 47.0 Å². The molecule has 4 aliphatic rings. The lowest BCUT2D eigenvalue weighted by atomic mass is 9.54. The molecule has 10 heteroatoms. The van der Waals surface area contributed by atoms with Crippen LogP contribution in [0.2, 0.25) is 0 Å². The van der Waals surface area contributed by atoms with Crippen LogP contribution in [0.25, 0.3) is 0 Å². The first-order valence-corrected chi connectivity index (χ1v) is 17.7. The molecule has 0 aliphatic heterocycles. The van der Waals surface area contributed by atoms with Crippen molar-refractivity contribution in [3.05, 3.63) is 38.4 Å². The predicted octanol–water partition coefficient (Wildman–Crippen LogP) is 8.81. The maximum atomic E-state index is 12.0. The van der Waals surface area contributed by atoms with Gasteiger partial charge >= 0.3 is 5.69 Å². The van der Waals surface area contributed by atoms with Gasteiger partial charge in [0.15, 0.2) is 0 Å². The van der Waals surface area contributed by atoms with Gasteiger partial charge in [-0.15, -0.1) is 0 Å². The van der Waals surface area contributed by atoms with Crippen LogP contribution in [0.15, 0.2) is 23.3 Å². The van der Waals surface area contributed by atoms with Gasteiger partial charge in [0, 0.05) is 50.8 Å². The number of hydrazone groups is 1. The van der Waals surface area contributed by atoms with Crippen LogP contribution >= 0.6 is 0 Å². The van der Waals surface area contributed by atoms with Gasteiger partial charge in [-0.05, 0) is 92.9 Å². The molecule has 256 valence electrons. The third-order valence-electron chi connectivity index (χ3n) is 13.2. The van der Waals surface area contributed by atoms with E-state index in [9.17, 15) is 20.2 Å². The highest BCUT2D eigenvalue weighted by Gasteiger charge is 2.72. The van der Waals surface area contributed by atoms with Crippen molar-refractivity contribution < 1.29 is 19.3 Å². The number of rotatable bonds is 13.